The normalized spacial score (nSPS) is 11.2. The average Bonchev–Trinajstić information content (AvgIpc) is 2.86. The Kier molecular flexibility index (Phi) is 5.42. The molecular weight excluding hydrogens is 346 g/mol. The lowest BCUT2D eigenvalue weighted by Crippen LogP contribution is -2.47. The van der Waals surface area contributed by atoms with Gasteiger partial charge in [-0.05, 0) is 45.0 Å². The molecule has 1 heterocycles. The molecule has 1 aromatic heterocycles. The first kappa shape index (κ1) is 18.9. The van der Waals surface area contributed by atoms with Crippen LogP contribution >= 0.6 is 11.6 Å². The number of carboxylic acids is 1. The molecule has 25 heavy (non-hydrogen) atoms. The van der Waals surface area contributed by atoms with Crippen molar-refractivity contribution in [1.82, 2.24) is 4.90 Å². The smallest absolute Gasteiger partial charge is 0.339 e. The predicted molar refractivity (Wildman–Crippen MR) is 93.0 cm³/mol. The number of amides is 1. The maximum Gasteiger partial charge on any atom is 0.339 e. The van der Waals surface area contributed by atoms with Crippen LogP contribution in [-0.2, 0) is 11.3 Å². The first-order chi connectivity index (χ1) is 11.6. The Balaban J connectivity index is 2.09. The van der Waals surface area contributed by atoms with Gasteiger partial charge in [0.25, 0.3) is 5.91 Å². The summed E-state index contributed by atoms with van der Waals surface area (Å²) in [5.41, 5.74) is -1.04. The molecule has 0 atom stereocenters. The highest BCUT2D eigenvalue weighted by atomic mass is 35.5. The average molecular weight is 366 g/mol. The summed E-state index contributed by atoms with van der Waals surface area (Å²) in [6.07, 6.45) is 0. The fraction of sp³-hybridized carbons (Fsp3) is 0.333. The number of rotatable bonds is 6. The minimum atomic E-state index is -1.13. The van der Waals surface area contributed by atoms with Crippen LogP contribution in [0, 0.1) is 6.92 Å². The lowest BCUT2D eigenvalue weighted by molar-refractivity contribution is -0.144. The number of ether oxygens (including phenoxy) is 1. The number of nitrogens with zero attached hydrogens (tertiary/aromatic N) is 1. The highest BCUT2D eigenvalue weighted by Gasteiger charge is 2.33. The number of carbonyl (C=O) groups is 2. The van der Waals surface area contributed by atoms with Crippen LogP contribution in [0.3, 0.4) is 0 Å². The lowest BCUT2D eigenvalue weighted by atomic mass is 10.1. The van der Waals surface area contributed by atoms with E-state index in [1.807, 2.05) is 0 Å². The number of carboxylic acid groups (broad SMARTS) is 1. The molecule has 0 aliphatic rings. The first-order valence-corrected chi connectivity index (χ1v) is 8.00. The standard InChI is InChI=1S/C18H20ClNO5/c1-11-15(16(21)22)9-14(24-11)10-20(4)17(23)18(2,3)25-13-7-5-6-12(19)8-13/h5-9H,10H2,1-4H3,(H,21,22). The van der Waals surface area contributed by atoms with Gasteiger partial charge in [0.05, 0.1) is 6.54 Å². The summed E-state index contributed by atoms with van der Waals surface area (Å²) in [5.74, 6) is -0.159. The molecule has 0 bridgehead atoms. The highest BCUT2D eigenvalue weighted by Crippen LogP contribution is 2.24. The van der Waals surface area contributed by atoms with E-state index < -0.39 is 11.6 Å². The second kappa shape index (κ2) is 7.19. The van der Waals surface area contributed by atoms with Gasteiger partial charge in [-0.25, -0.2) is 4.79 Å². The number of furan rings is 1. The molecule has 134 valence electrons. The van der Waals surface area contributed by atoms with E-state index in [4.69, 9.17) is 25.9 Å². The number of benzene rings is 1. The summed E-state index contributed by atoms with van der Waals surface area (Å²) in [5, 5.41) is 9.58. The van der Waals surface area contributed by atoms with Crippen molar-refractivity contribution in [3.05, 3.63) is 52.4 Å². The monoisotopic (exact) mass is 365 g/mol. The van der Waals surface area contributed by atoms with Crippen LogP contribution in [0.5, 0.6) is 5.75 Å². The molecule has 0 saturated heterocycles. The molecular formula is C18H20ClNO5. The minimum absolute atomic E-state index is 0.0882. The van der Waals surface area contributed by atoms with E-state index in [-0.39, 0.29) is 18.0 Å². The van der Waals surface area contributed by atoms with Crippen LogP contribution in [0.2, 0.25) is 5.02 Å². The van der Waals surface area contributed by atoms with E-state index in [0.29, 0.717) is 22.3 Å². The summed E-state index contributed by atoms with van der Waals surface area (Å²) < 4.78 is 11.2. The van der Waals surface area contributed by atoms with Crippen molar-refractivity contribution in [2.75, 3.05) is 7.05 Å². The van der Waals surface area contributed by atoms with Crippen LogP contribution in [0.1, 0.15) is 35.7 Å². The van der Waals surface area contributed by atoms with Gasteiger partial charge in [0.2, 0.25) is 0 Å². The zero-order valence-corrected chi connectivity index (χ0v) is 15.3. The summed E-state index contributed by atoms with van der Waals surface area (Å²) >= 11 is 5.93. The van der Waals surface area contributed by atoms with Crippen LogP contribution < -0.4 is 4.74 Å². The third-order valence-electron chi connectivity index (χ3n) is 3.62. The summed E-state index contributed by atoms with van der Waals surface area (Å²) in [4.78, 5) is 25.2. The molecule has 1 amide bonds. The van der Waals surface area contributed by atoms with Gasteiger partial charge >= 0.3 is 5.97 Å². The molecule has 0 aliphatic carbocycles. The van der Waals surface area contributed by atoms with Gasteiger partial charge in [0.1, 0.15) is 22.8 Å². The van der Waals surface area contributed by atoms with E-state index in [1.54, 1.807) is 52.1 Å². The van der Waals surface area contributed by atoms with Crippen molar-refractivity contribution in [2.45, 2.75) is 32.9 Å². The number of aryl methyl sites for hydroxylation is 1. The van der Waals surface area contributed by atoms with Gasteiger partial charge in [-0.2, -0.15) is 0 Å². The van der Waals surface area contributed by atoms with Crippen molar-refractivity contribution in [2.24, 2.45) is 0 Å². The summed E-state index contributed by atoms with van der Waals surface area (Å²) in [6.45, 7) is 5.02. The molecule has 0 radical (unpaired) electrons. The largest absolute Gasteiger partial charge is 0.478 e. The predicted octanol–water partition coefficient (Wildman–Crippen LogP) is 3.76. The lowest BCUT2D eigenvalue weighted by Gasteiger charge is -2.29. The fourth-order valence-electron chi connectivity index (χ4n) is 2.47. The van der Waals surface area contributed by atoms with Gasteiger partial charge in [-0.3, -0.25) is 4.79 Å². The van der Waals surface area contributed by atoms with Gasteiger partial charge in [-0.1, -0.05) is 17.7 Å². The van der Waals surface area contributed by atoms with Crippen molar-refractivity contribution in [3.8, 4) is 5.75 Å². The van der Waals surface area contributed by atoms with Crippen molar-refractivity contribution < 1.29 is 23.8 Å². The Morgan fingerprint density at radius 3 is 2.56 bits per heavy atom. The van der Waals surface area contributed by atoms with Gasteiger partial charge in [0.15, 0.2) is 5.60 Å². The van der Waals surface area contributed by atoms with Crippen LogP contribution in [-0.4, -0.2) is 34.5 Å². The zero-order valence-electron chi connectivity index (χ0n) is 14.5. The quantitative estimate of drug-likeness (QED) is 0.843. The molecule has 0 aliphatic heterocycles. The highest BCUT2D eigenvalue weighted by molar-refractivity contribution is 6.30. The molecule has 0 saturated carbocycles. The van der Waals surface area contributed by atoms with E-state index in [1.165, 1.54) is 11.0 Å². The molecule has 0 fully saturated rings. The number of aromatic carboxylic acids is 1. The molecule has 2 rings (SSSR count). The number of carbonyl (C=O) groups excluding carboxylic acids is 1. The second-order valence-corrected chi connectivity index (χ2v) is 6.66. The van der Waals surface area contributed by atoms with Crippen LogP contribution in [0.4, 0.5) is 0 Å². The molecule has 0 unspecified atom stereocenters. The van der Waals surface area contributed by atoms with E-state index in [9.17, 15) is 9.59 Å². The van der Waals surface area contributed by atoms with Crippen LogP contribution in [0.15, 0.2) is 34.7 Å². The van der Waals surface area contributed by atoms with E-state index >= 15 is 0 Å². The minimum Gasteiger partial charge on any atom is -0.478 e. The SMILES string of the molecule is Cc1oc(CN(C)C(=O)C(C)(C)Oc2cccc(Cl)c2)cc1C(=O)O. The Hall–Kier alpha value is -2.47. The molecule has 1 N–H and O–H groups in total. The van der Waals surface area contributed by atoms with Gasteiger partial charge in [0, 0.05) is 12.1 Å². The molecule has 0 spiro atoms. The number of hydrogen-bond acceptors (Lipinski definition) is 4. The van der Waals surface area contributed by atoms with Crippen molar-refractivity contribution in [1.29, 1.82) is 0 Å². The molecule has 7 heteroatoms. The van der Waals surface area contributed by atoms with Gasteiger partial charge < -0.3 is 19.2 Å². The topological polar surface area (TPSA) is 80.0 Å². The second-order valence-electron chi connectivity index (χ2n) is 6.22. The molecule has 1 aromatic carbocycles. The fourth-order valence-corrected chi connectivity index (χ4v) is 2.65. The summed E-state index contributed by atoms with van der Waals surface area (Å²) in [6, 6.07) is 8.23. The third-order valence-corrected chi connectivity index (χ3v) is 3.86. The number of halogens is 1. The van der Waals surface area contributed by atoms with Gasteiger partial charge in [-0.15, -0.1) is 0 Å². The summed E-state index contributed by atoms with van der Waals surface area (Å²) in [7, 11) is 1.60. The Bertz CT molecular complexity index is 797. The van der Waals surface area contributed by atoms with E-state index in [0.717, 1.165) is 0 Å². The molecule has 2 aromatic rings. The van der Waals surface area contributed by atoms with E-state index in [2.05, 4.69) is 0 Å². The Labute approximate surface area is 150 Å². The van der Waals surface area contributed by atoms with Crippen molar-refractivity contribution >= 4 is 23.5 Å². The Morgan fingerprint density at radius 1 is 1.32 bits per heavy atom. The maximum absolute atomic E-state index is 12.7. The number of hydrogen-bond donors (Lipinski definition) is 1. The number of likely N-dealkylation sites (N-methyl/N-ethyl adjacent to an activating group) is 1. The Morgan fingerprint density at radius 2 is 2.00 bits per heavy atom. The molecule has 6 nitrogen and oxygen atoms in total. The third kappa shape index (κ3) is 4.54. The first-order valence-electron chi connectivity index (χ1n) is 7.63. The maximum atomic E-state index is 12.7. The van der Waals surface area contributed by atoms with Crippen molar-refractivity contribution in [3.63, 3.8) is 0 Å². The zero-order chi connectivity index (χ0) is 18.8. The van der Waals surface area contributed by atoms with Crippen LogP contribution in [0.25, 0.3) is 0 Å².